The van der Waals surface area contributed by atoms with Crippen LogP contribution in [-0.4, -0.2) is 47.8 Å². The maximum absolute atomic E-state index is 10.7. The SMILES string of the molecule is CCCC[N+](CCCC)(CCC(=O)[O-])CC(C)O. The zero-order valence-electron chi connectivity index (χ0n) is 12.2. The molecule has 0 spiro atoms. The fourth-order valence-electron chi connectivity index (χ4n) is 2.49. The number of nitrogens with zero attached hydrogens (tertiary/aromatic N) is 1. The summed E-state index contributed by atoms with van der Waals surface area (Å²) in [4.78, 5) is 10.7. The Labute approximate surface area is 111 Å². The molecule has 0 aliphatic rings. The second-order valence-corrected chi connectivity index (χ2v) is 5.37. The van der Waals surface area contributed by atoms with Crippen molar-refractivity contribution in [2.75, 3.05) is 26.2 Å². The van der Waals surface area contributed by atoms with Crippen LogP contribution in [-0.2, 0) is 4.79 Å². The van der Waals surface area contributed by atoms with Crippen molar-refractivity contribution < 1.29 is 19.5 Å². The van der Waals surface area contributed by atoms with Crippen LogP contribution in [0.15, 0.2) is 0 Å². The first-order chi connectivity index (χ1) is 8.45. The number of carboxylic acids is 1. The summed E-state index contributed by atoms with van der Waals surface area (Å²) in [7, 11) is 0. The lowest BCUT2D eigenvalue weighted by Crippen LogP contribution is -2.54. The monoisotopic (exact) mass is 259 g/mol. The van der Waals surface area contributed by atoms with Gasteiger partial charge in [-0.3, -0.25) is 0 Å². The zero-order chi connectivity index (χ0) is 14.0. The molecule has 18 heavy (non-hydrogen) atoms. The standard InChI is InChI=1S/C14H29NO3/c1-4-6-9-15(10-7-5-2,12-13(3)16)11-8-14(17)18/h13,16H,4-12H2,1-3H3. The van der Waals surface area contributed by atoms with Crippen LogP contribution in [0.2, 0.25) is 0 Å². The highest BCUT2D eigenvalue weighted by Crippen LogP contribution is 2.15. The molecule has 4 nitrogen and oxygen atoms in total. The van der Waals surface area contributed by atoms with Crippen molar-refractivity contribution >= 4 is 5.97 Å². The maximum Gasteiger partial charge on any atom is 0.105 e. The molecular weight excluding hydrogens is 230 g/mol. The molecule has 0 aromatic heterocycles. The van der Waals surface area contributed by atoms with Crippen molar-refractivity contribution in [3.8, 4) is 0 Å². The summed E-state index contributed by atoms with van der Waals surface area (Å²) >= 11 is 0. The Bertz CT molecular complexity index is 221. The Morgan fingerprint density at radius 1 is 1.17 bits per heavy atom. The number of carbonyl (C=O) groups is 1. The number of aliphatic hydroxyl groups is 1. The van der Waals surface area contributed by atoms with E-state index in [0.717, 1.165) is 38.8 Å². The molecule has 4 heteroatoms. The van der Waals surface area contributed by atoms with Gasteiger partial charge in [-0.15, -0.1) is 0 Å². The molecule has 1 N–H and O–H groups in total. The highest BCUT2D eigenvalue weighted by atomic mass is 16.4. The number of hydrogen-bond donors (Lipinski definition) is 1. The fourth-order valence-corrected chi connectivity index (χ4v) is 2.49. The minimum Gasteiger partial charge on any atom is -0.550 e. The molecule has 0 radical (unpaired) electrons. The summed E-state index contributed by atoms with van der Waals surface area (Å²) in [5.41, 5.74) is 0. The molecule has 0 rings (SSSR count). The topological polar surface area (TPSA) is 60.4 Å². The Balaban J connectivity index is 4.67. The van der Waals surface area contributed by atoms with E-state index in [1.807, 2.05) is 0 Å². The first-order valence-electron chi connectivity index (χ1n) is 7.18. The number of carbonyl (C=O) groups excluding carboxylic acids is 1. The third-order valence-corrected chi connectivity index (χ3v) is 3.41. The molecule has 0 aromatic carbocycles. The van der Waals surface area contributed by atoms with Gasteiger partial charge in [0, 0.05) is 12.4 Å². The van der Waals surface area contributed by atoms with E-state index >= 15 is 0 Å². The van der Waals surface area contributed by atoms with Crippen molar-refractivity contribution in [2.45, 2.75) is 59.0 Å². The van der Waals surface area contributed by atoms with E-state index in [4.69, 9.17) is 0 Å². The molecule has 0 fully saturated rings. The summed E-state index contributed by atoms with van der Waals surface area (Å²) in [6.07, 6.45) is 4.03. The zero-order valence-corrected chi connectivity index (χ0v) is 12.2. The maximum atomic E-state index is 10.7. The smallest absolute Gasteiger partial charge is 0.105 e. The molecular formula is C14H29NO3. The average Bonchev–Trinajstić information content (AvgIpc) is 2.30. The molecule has 0 saturated heterocycles. The number of hydrogen-bond acceptors (Lipinski definition) is 3. The molecule has 0 aliphatic carbocycles. The second kappa shape index (κ2) is 9.34. The van der Waals surface area contributed by atoms with E-state index in [9.17, 15) is 15.0 Å². The van der Waals surface area contributed by atoms with Crippen molar-refractivity contribution in [3.63, 3.8) is 0 Å². The van der Waals surface area contributed by atoms with Crippen LogP contribution in [0.5, 0.6) is 0 Å². The van der Waals surface area contributed by atoms with Crippen molar-refractivity contribution in [2.24, 2.45) is 0 Å². The summed E-state index contributed by atoms with van der Waals surface area (Å²) in [5, 5.41) is 20.4. The number of unbranched alkanes of at least 4 members (excludes halogenated alkanes) is 2. The molecule has 0 aliphatic heterocycles. The Morgan fingerprint density at radius 2 is 1.67 bits per heavy atom. The van der Waals surface area contributed by atoms with Crippen LogP contribution < -0.4 is 5.11 Å². The second-order valence-electron chi connectivity index (χ2n) is 5.37. The summed E-state index contributed by atoms with van der Waals surface area (Å²) < 4.78 is 0.716. The molecule has 0 bridgehead atoms. The normalized spacial score (nSPS) is 13.6. The van der Waals surface area contributed by atoms with Gasteiger partial charge in [0.15, 0.2) is 0 Å². The minimum atomic E-state index is -0.990. The van der Waals surface area contributed by atoms with Gasteiger partial charge in [0.2, 0.25) is 0 Å². The number of aliphatic carboxylic acids is 1. The summed E-state index contributed by atoms with van der Waals surface area (Å²) in [5.74, 6) is -0.990. The van der Waals surface area contributed by atoms with Crippen molar-refractivity contribution in [1.82, 2.24) is 0 Å². The van der Waals surface area contributed by atoms with E-state index in [0.29, 0.717) is 17.6 Å². The first-order valence-corrected chi connectivity index (χ1v) is 7.18. The van der Waals surface area contributed by atoms with Gasteiger partial charge >= 0.3 is 0 Å². The quantitative estimate of drug-likeness (QED) is 0.561. The highest BCUT2D eigenvalue weighted by Gasteiger charge is 2.27. The van der Waals surface area contributed by atoms with Crippen LogP contribution in [0.4, 0.5) is 0 Å². The van der Waals surface area contributed by atoms with Gasteiger partial charge < -0.3 is 19.5 Å². The van der Waals surface area contributed by atoms with E-state index in [-0.39, 0.29) is 12.5 Å². The summed E-state index contributed by atoms with van der Waals surface area (Å²) in [6.45, 7) is 9.18. The number of quaternary nitrogens is 1. The van der Waals surface area contributed by atoms with Crippen LogP contribution >= 0.6 is 0 Å². The molecule has 0 saturated carbocycles. The van der Waals surface area contributed by atoms with E-state index in [1.54, 1.807) is 6.92 Å². The first kappa shape index (κ1) is 17.4. The summed E-state index contributed by atoms with van der Waals surface area (Å²) in [6, 6.07) is 0. The third kappa shape index (κ3) is 7.67. The molecule has 0 amide bonds. The van der Waals surface area contributed by atoms with Crippen molar-refractivity contribution in [1.29, 1.82) is 0 Å². The van der Waals surface area contributed by atoms with E-state index in [1.165, 1.54) is 0 Å². The lowest BCUT2D eigenvalue weighted by Gasteiger charge is -2.40. The number of aliphatic hydroxyl groups excluding tert-OH is 1. The number of rotatable bonds is 11. The Hall–Kier alpha value is -0.610. The van der Waals surface area contributed by atoms with Gasteiger partial charge in [0.25, 0.3) is 0 Å². The van der Waals surface area contributed by atoms with Gasteiger partial charge in [-0.2, -0.15) is 0 Å². The Kier molecular flexibility index (Phi) is 9.02. The predicted molar refractivity (Wildman–Crippen MR) is 70.8 cm³/mol. The van der Waals surface area contributed by atoms with Crippen LogP contribution in [0.3, 0.4) is 0 Å². The largest absolute Gasteiger partial charge is 0.550 e. The molecule has 0 aromatic rings. The average molecular weight is 259 g/mol. The van der Waals surface area contributed by atoms with Crippen molar-refractivity contribution in [3.05, 3.63) is 0 Å². The molecule has 108 valence electrons. The number of carboxylic acid groups (broad SMARTS) is 1. The van der Waals surface area contributed by atoms with E-state index in [2.05, 4.69) is 13.8 Å². The molecule has 1 atom stereocenters. The minimum absolute atomic E-state index is 0.0835. The van der Waals surface area contributed by atoms with Crippen LogP contribution in [0, 0.1) is 0 Å². The van der Waals surface area contributed by atoms with Gasteiger partial charge in [-0.25, -0.2) is 0 Å². The van der Waals surface area contributed by atoms with Gasteiger partial charge in [0.1, 0.15) is 12.6 Å². The van der Waals surface area contributed by atoms with Crippen LogP contribution in [0.25, 0.3) is 0 Å². The Morgan fingerprint density at radius 3 is 2.00 bits per heavy atom. The third-order valence-electron chi connectivity index (χ3n) is 3.41. The lowest BCUT2D eigenvalue weighted by atomic mass is 10.1. The van der Waals surface area contributed by atoms with E-state index < -0.39 is 5.97 Å². The predicted octanol–water partition coefficient (Wildman–Crippen LogP) is 0.924. The fraction of sp³-hybridized carbons (Fsp3) is 0.929. The van der Waals surface area contributed by atoms with Gasteiger partial charge in [0.05, 0.1) is 19.6 Å². The molecule has 1 unspecified atom stereocenters. The highest BCUT2D eigenvalue weighted by molar-refractivity contribution is 5.64. The van der Waals surface area contributed by atoms with Gasteiger partial charge in [-0.05, 0) is 19.8 Å². The van der Waals surface area contributed by atoms with Crippen LogP contribution in [0.1, 0.15) is 52.9 Å². The van der Waals surface area contributed by atoms with Gasteiger partial charge in [-0.1, -0.05) is 26.7 Å². The molecule has 0 heterocycles. The lowest BCUT2D eigenvalue weighted by molar-refractivity contribution is -0.930.